The summed E-state index contributed by atoms with van der Waals surface area (Å²) in [5, 5.41) is 10.0. The van der Waals surface area contributed by atoms with Gasteiger partial charge in [-0.15, -0.1) is 0 Å². The van der Waals surface area contributed by atoms with Gasteiger partial charge in [-0.25, -0.2) is 4.79 Å². The summed E-state index contributed by atoms with van der Waals surface area (Å²) < 4.78 is 10.1. The SMILES string of the molecule is C=CC(=O)OCCOc1ccc(C(=O)c2ccccc2)c(O)c1. The number of esters is 1. The average Bonchev–Trinajstić information content (AvgIpc) is 2.58. The molecule has 0 aliphatic rings. The van der Waals surface area contributed by atoms with Crippen molar-refractivity contribution in [3.63, 3.8) is 0 Å². The van der Waals surface area contributed by atoms with E-state index < -0.39 is 5.97 Å². The predicted molar refractivity (Wildman–Crippen MR) is 84.6 cm³/mol. The van der Waals surface area contributed by atoms with E-state index in [0.717, 1.165) is 6.08 Å². The van der Waals surface area contributed by atoms with Crippen LogP contribution in [0.4, 0.5) is 0 Å². The van der Waals surface area contributed by atoms with Crippen molar-refractivity contribution in [2.24, 2.45) is 0 Å². The van der Waals surface area contributed by atoms with Crippen molar-refractivity contribution >= 4 is 11.8 Å². The molecule has 0 spiro atoms. The van der Waals surface area contributed by atoms with Crippen LogP contribution in [0.1, 0.15) is 15.9 Å². The van der Waals surface area contributed by atoms with Gasteiger partial charge in [-0.3, -0.25) is 4.79 Å². The number of ether oxygens (including phenoxy) is 2. The lowest BCUT2D eigenvalue weighted by molar-refractivity contribution is -0.138. The summed E-state index contributed by atoms with van der Waals surface area (Å²) in [5.74, 6) is -0.587. The Labute approximate surface area is 133 Å². The molecule has 5 heteroatoms. The number of hydrogen-bond donors (Lipinski definition) is 1. The second-order valence-corrected chi connectivity index (χ2v) is 4.59. The Balaban J connectivity index is 1.99. The van der Waals surface area contributed by atoms with Crippen molar-refractivity contribution in [2.45, 2.75) is 0 Å². The summed E-state index contributed by atoms with van der Waals surface area (Å²) in [7, 11) is 0. The van der Waals surface area contributed by atoms with E-state index in [1.54, 1.807) is 30.3 Å². The molecule has 0 radical (unpaired) electrons. The van der Waals surface area contributed by atoms with E-state index >= 15 is 0 Å². The summed E-state index contributed by atoms with van der Waals surface area (Å²) in [6.07, 6.45) is 1.07. The van der Waals surface area contributed by atoms with E-state index in [0.29, 0.717) is 11.3 Å². The number of phenols is 1. The first-order valence-corrected chi connectivity index (χ1v) is 6.96. The van der Waals surface area contributed by atoms with Crippen LogP contribution in [0.5, 0.6) is 11.5 Å². The summed E-state index contributed by atoms with van der Waals surface area (Å²) in [5.41, 5.74) is 0.689. The molecule has 23 heavy (non-hydrogen) atoms. The number of rotatable bonds is 7. The summed E-state index contributed by atoms with van der Waals surface area (Å²) >= 11 is 0. The van der Waals surface area contributed by atoms with E-state index in [9.17, 15) is 14.7 Å². The monoisotopic (exact) mass is 312 g/mol. The van der Waals surface area contributed by atoms with Gasteiger partial charge in [0.1, 0.15) is 24.7 Å². The van der Waals surface area contributed by atoms with E-state index in [1.807, 2.05) is 6.07 Å². The maximum atomic E-state index is 12.3. The molecule has 0 saturated heterocycles. The zero-order valence-electron chi connectivity index (χ0n) is 12.4. The summed E-state index contributed by atoms with van der Waals surface area (Å²) in [6.45, 7) is 3.48. The van der Waals surface area contributed by atoms with Crippen LogP contribution in [0.2, 0.25) is 0 Å². The largest absolute Gasteiger partial charge is 0.507 e. The molecule has 0 amide bonds. The Kier molecular flexibility index (Phi) is 5.52. The Hall–Kier alpha value is -3.08. The molecule has 0 atom stereocenters. The van der Waals surface area contributed by atoms with Crippen LogP contribution in [0.15, 0.2) is 61.2 Å². The number of ketones is 1. The number of aromatic hydroxyl groups is 1. The van der Waals surface area contributed by atoms with Crippen molar-refractivity contribution in [1.82, 2.24) is 0 Å². The molecule has 0 fully saturated rings. The van der Waals surface area contributed by atoms with Crippen LogP contribution in [0, 0.1) is 0 Å². The topological polar surface area (TPSA) is 72.8 Å². The van der Waals surface area contributed by atoms with Crippen LogP contribution >= 0.6 is 0 Å². The molecule has 0 aromatic heterocycles. The van der Waals surface area contributed by atoms with Crippen molar-refractivity contribution in [3.05, 3.63) is 72.3 Å². The average molecular weight is 312 g/mol. The van der Waals surface area contributed by atoms with Crippen molar-refractivity contribution in [1.29, 1.82) is 0 Å². The zero-order valence-corrected chi connectivity index (χ0v) is 12.4. The molecule has 1 N–H and O–H groups in total. The van der Waals surface area contributed by atoms with Crippen LogP contribution in [-0.4, -0.2) is 30.1 Å². The van der Waals surface area contributed by atoms with Crippen molar-refractivity contribution < 1.29 is 24.2 Å². The third kappa shape index (κ3) is 4.44. The minimum Gasteiger partial charge on any atom is -0.507 e. The van der Waals surface area contributed by atoms with Gasteiger partial charge in [0.15, 0.2) is 5.78 Å². The maximum absolute atomic E-state index is 12.3. The number of carbonyl (C=O) groups excluding carboxylic acids is 2. The van der Waals surface area contributed by atoms with Gasteiger partial charge in [0.2, 0.25) is 0 Å². The minimum atomic E-state index is -0.528. The van der Waals surface area contributed by atoms with Gasteiger partial charge < -0.3 is 14.6 Å². The lowest BCUT2D eigenvalue weighted by atomic mass is 10.0. The number of phenolic OH excluding ortho intramolecular Hbond substituents is 1. The second-order valence-electron chi connectivity index (χ2n) is 4.59. The van der Waals surface area contributed by atoms with E-state index in [4.69, 9.17) is 9.47 Å². The van der Waals surface area contributed by atoms with Gasteiger partial charge in [0.05, 0.1) is 5.56 Å². The quantitative estimate of drug-likeness (QED) is 0.368. The highest BCUT2D eigenvalue weighted by molar-refractivity contribution is 6.10. The highest BCUT2D eigenvalue weighted by atomic mass is 16.6. The normalized spacial score (nSPS) is 9.91. The van der Waals surface area contributed by atoms with Crippen LogP contribution in [0.25, 0.3) is 0 Å². The zero-order chi connectivity index (χ0) is 16.7. The smallest absolute Gasteiger partial charge is 0.330 e. The fourth-order valence-electron chi connectivity index (χ4n) is 1.90. The lowest BCUT2D eigenvalue weighted by Gasteiger charge is -2.09. The molecule has 0 aliphatic heterocycles. The molecule has 0 bridgehead atoms. The standard InChI is InChI=1S/C18H16O5/c1-2-17(20)23-11-10-22-14-8-9-15(16(19)12-14)18(21)13-6-4-3-5-7-13/h2-9,12,19H,1,10-11H2. The first kappa shape index (κ1) is 16.3. The molecule has 5 nitrogen and oxygen atoms in total. The fraction of sp³-hybridized carbons (Fsp3) is 0.111. The van der Waals surface area contributed by atoms with Gasteiger partial charge in [-0.2, -0.15) is 0 Å². The first-order valence-electron chi connectivity index (χ1n) is 6.96. The van der Waals surface area contributed by atoms with Crippen LogP contribution in [-0.2, 0) is 9.53 Å². The lowest BCUT2D eigenvalue weighted by Crippen LogP contribution is -2.10. The van der Waals surface area contributed by atoms with Gasteiger partial charge in [-0.1, -0.05) is 36.9 Å². The van der Waals surface area contributed by atoms with E-state index in [-0.39, 0.29) is 30.3 Å². The number of benzene rings is 2. The van der Waals surface area contributed by atoms with Crippen LogP contribution in [0.3, 0.4) is 0 Å². The molecule has 0 aliphatic carbocycles. The molecule has 2 aromatic rings. The summed E-state index contributed by atoms with van der Waals surface area (Å²) in [4.78, 5) is 23.1. The molecule has 0 heterocycles. The van der Waals surface area contributed by atoms with Crippen molar-refractivity contribution in [3.8, 4) is 11.5 Å². The highest BCUT2D eigenvalue weighted by Gasteiger charge is 2.14. The molecule has 0 saturated carbocycles. The Morgan fingerprint density at radius 1 is 1.09 bits per heavy atom. The van der Waals surface area contributed by atoms with E-state index in [1.165, 1.54) is 12.1 Å². The molecule has 2 rings (SSSR count). The molecular formula is C18H16O5. The van der Waals surface area contributed by atoms with Gasteiger partial charge in [-0.05, 0) is 12.1 Å². The Morgan fingerprint density at radius 3 is 2.48 bits per heavy atom. The Bertz CT molecular complexity index is 707. The third-order valence-electron chi connectivity index (χ3n) is 3.01. The molecular weight excluding hydrogens is 296 g/mol. The van der Waals surface area contributed by atoms with Gasteiger partial charge in [0.25, 0.3) is 0 Å². The molecule has 2 aromatic carbocycles. The molecule has 0 unspecified atom stereocenters. The Morgan fingerprint density at radius 2 is 1.83 bits per heavy atom. The van der Waals surface area contributed by atoms with Gasteiger partial charge >= 0.3 is 5.97 Å². The third-order valence-corrected chi connectivity index (χ3v) is 3.01. The maximum Gasteiger partial charge on any atom is 0.330 e. The fourth-order valence-corrected chi connectivity index (χ4v) is 1.90. The molecule has 118 valence electrons. The highest BCUT2D eigenvalue weighted by Crippen LogP contribution is 2.25. The van der Waals surface area contributed by atoms with Crippen LogP contribution < -0.4 is 4.74 Å². The van der Waals surface area contributed by atoms with Gasteiger partial charge in [0, 0.05) is 17.7 Å². The second kappa shape index (κ2) is 7.79. The summed E-state index contributed by atoms with van der Waals surface area (Å²) in [6, 6.07) is 13.1. The number of carbonyl (C=O) groups is 2. The van der Waals surface area contributed by atoms with Crippen molar-refractivity contribution in [2.75, 3.05) is 13.2 Å². The first-order chi connectivity index (χ1) is 11.1. The van der Waals surface area contributed by atoms with E-state index in [2.05, 4.69) is 6.58 Å². The number of hydrogen-bond acceptors (Lipinski definition) is 5. The predicted octanol–water partition coefficient (Wildman–Crippen LogP) is 2.73. The minimum absolute atomic E-state index is 0.0658.